The summed E-state index contributed by atoms with van der Waals surface area (Å²) in [6.45, 7) is 1.45. The van der Waals surface area contributed by atoms with Crippen LogP contribution in [0.2, 0.25) is 0 Å². The molecule has 2 saturated carbocycles. The Balaban J connectivity index is 1.77. The van der Waals surface area contributed by atoms with Gasteiger partial charge in [0.2, 0.25) is 10.0 Å². The van der Waals surface area contributed by atoms with Gasteiger partial charge in [0, 0.05) is 19.0 Å². The van der Waals surface area contributed by atoms with E-state index in [9.17, 15) is 30.7 Å². The van der Waals surface area contributed by atoms with Gasteiger partial charge in [0.15, 0.2) is 0 Å². The Hall–Kier alpha value is -1.52. The fourth-order valence-electron chi connectivity index (χ4n) is 5.71. The molecule has 1 aliphatic heterocycles. The number of benzene rings is 1. The summed E-state index contributed by atoms with van der Waals surface area (Å²) in [6, 6.07) is 4.62. The molecule has 0 unspecified atom stereocenters. The fraction of sp³-hybridized carbons (Fsp3) is 0.632. The van der Waals surface area contributed by atoms with Crippen LogP contribution in [0.1, 0.15) is 37.3 Å². The van der Waals surface area contributed by atoms with Crippen LogP contribution in [-0.2, 0) is 16.2 Å². The summed E-state index contributed by atoms with van der Waals surface area (Å²) in [5, 5.41) is 9.04. The topological polar surface area (TPSA) is 114 Å². The van der Waals surface area contributed by atoms with E-state index in [2.05, 4.69) is 4.72 Å². The number of rotatable bonds is 5. The summed E-state index contributed by atoms with van der Waals surface area (Å²) in [5.74, 6) is -0.374. The van der Waals surface area contributed by atoms with Gasteiger partial charge in [-0.25, -0.2) is 13.1 Å². The van der Waals surface area contributed by atoms with Gasteiger partial charge in [-0.2, -0.15) is 18.4 Å². The number of anilines is 1. The van der Waals surface area contributed by atoms with Crippen molar-refractivity contribution >= 4 is 26.5 Å². The second-order valence-electron chi connectivity index (χ2n) is 8.48. The van der Waals surface area contributed by atoms with Crippen molar-refractivity contribution < 1.29 is 30.7 Å². The summed E-state index contributed by atoms with van der Waals surface area (Å²) >= 11 is 0. The van der Waals surface area contributed by atoms with Crippen LogP contribution in [0.5, 0.6) is 0 Å². The highest BCUT2D eigenvalue weighted by molar-refractivity contribution is 8.26. The largest absolute Gasteiger partial charge is 0.417 e. The van der Waals surface area contributed by atoms with Gasteiger partial charge >= 0.3 is 6.18 Å². The molecule has 0 spiro atoms. The van der Waals surface area contributed by atoms with Crippen LogP contribution < -0.4 is 9.03 Å². The van der Waals surface area contributed by atoms with Gasteiger partial charge in [0.05, 0.1) is 28.6 Å². The van der Waals surface area contributed by atoms with E-state index in [1.165, 1.54) is 23.4 Å². The number of sulfonamides is 1. The molecule has 4 atom stereocenters. The van der Waals surface area contributed by atoms with Crippen LogP contribution in [0.4, 0.5) is 18.9 Å². The lowest BCUT2D eigenvalue weighted by molar-refractivity contribution is -0.137. The highest BCUT2D eigenvalue weighted by atomic mass is 32.3. The normalized spacial score (nSPS) is 32.7. The molecule has 31 heavy (non-hydrogen) atoms. The number of nitriles is 1. The van der Waals surface area contributed by atoms with Crippen molar-refractivity contribution in [3.8, 4) is 6.07 Å². The molecule has 1 aromatic rings. The molecule has 0 aromatic heterocycles. The lowest BCUT2D eigenvalue weighted by atomic mass is 9.78. The van der Waals surface area contributed by atoms with E-state index >= 15 is 0 Å². The van der Waals surface area contributed by atoms with Crippen molar-refractivity contribution in [2.24, 2.45) is 17.8 Å². The van der Waals surface area contributed by atoms with E-state index in [1.54, 1.807) is 0 Å². The minimum Gasteiger partial charge on any atom is -0.281 e. The van der Waals surface area contributed by atoms with Crippen LogP contribution >= 0.6 is 10.8 Å². The maximum atomic E-state index is 13.5. The van der Waals surface area contributed by atoms with Gasteiger partial charge in [-0.15, -0.1) is 10.8 Å². The average molecular weight is 480 g/mol. The zero-order valence-corrected chi connectivity index (χ0v) is 18.4. The Bertz CT molecular complexity index is 1040. The molecule has 12 heteroatoms. The number of nitrogens with zero attached hydrogens (tertiary/aromatic N) is 2. The molecule has 2 aliphatic carbocycles. The number of hydrogen-bond donors (Lipinski definition) is 3. The van der Waals surface area contributed by atoms with E-state index in [1.807, 2.05) is 0 Å². The van der Waals surface area contributed by atoms with Crippen molar-refractivity contribution in [3.63, 3.8) is 0 Å². The van der Waals surface area contributed by atoms with E-state index in [4.69, 9.17) is 5.26 Å². The summed E-state index contributed by atoms with van der Waals surface area (Å²) < 4.78 is 90.0. The van der Waals surface area contributed by atoms with Gasteiger partial charge in [0.25, 0.3) is 0 Å². The Kier molecular flexibility index (Phi) is 5.30. The molecule has 1 aromatic carbocycles. The smallest absolute Gasteiger partial charge is 0.281 e. The lowest BCUT2D eigenvalue weighted by Crippen LogP contribution is -2.53. The molecule has 3 aliphatic rings. The first kappa shape index (κ1) is 22.7. The Morgan fingerprint density at radius 1 is 1.35 bits per heavy atom. The average Bonchev–Trinajstić information content (AvgIpc) is 3.36. The molecule has 4 rings (SSSR count). The first-order chi connectivity index (χ1) is 14.4. The monoisotopic (exact) mass is 479 g/mol. The van der Waals surface area contributed by atoms with Gasteiger partial charge in [-0.05, 0) is 56.2 Å². The molecule has 172 valence electrons. The van der Waals surface area contributed by atoms with Crippen molar-refractivity contribution in [2.45, 2.75) is 37.1 Å². The summed E-state index contributed by atoms with van der Waals surface area (Å²) in [4.78, 5) is 0. The number of nitrogens with one attached hydrogen (secondary N) is 1. The summed E-state index contributed by atoms with van der Waals surface area (Å²) in [7, 11) is -7.26. The second kappa shape index (κ2) is 7.25. The molecule has 3 N–H and O–H groups in total. The highest BCUT2D eigenvalue weighted by Crippen LogP contribution is 2.76. The quantitative estimate of drug-likeness (QED) is 0.592. The minimum atomic E-state index is -4.77. The summed E-state index contributed by atoms with van der Waals surface area (Å²) in [6.07, 6.45) is -2.42. The molecule has 0 amide bonds. The SMILES string of the molecule is CCS(=O)(=O)NC[C@@]12[C@@H]3CC[C@@H](C3)[C@@H]1CN(c1ccc(C#N)c(C(F)(F)F)c1)S2(O)O. The molecule has 1 saturated heterocycles. The maximum Gasteiger partial charge on any atom is 0.417 e. The van der Waals surface area contributed by atoms with Gasteiger partial charge < -0.3 is 0 Å². The third-order valence-electron chi connectivity index (χ3n) is 7.21. The first-order valence-electron chi connectivity index (χ1n) is 10.0. The Morgan fingerprint density at radius 2 is 2.06 bits per heavy atom. The predicted molar refractivity (Wildman–Crippen MR) is 111 cm³/mol. The number of halogens is 3. The van der Waals surface area contributed by atoms with Gasteiger partial charge in [0.1, 0.15) is 4.75 Å². The van der Waals surface area contributed by atoms with Crippen LogP contribution in [0.25, 0.3) is 0 Å². The molecule has 1 heterocycles. The van der Waals surface area contributed by atoms with Crippen molar-refractivity contribution in [1.29, 1.82) is 5.26 Å². The standard InChI is InChI=1S/C19H24F3N3O4S2/c1-2-30(26,27)24-11-18-14-5-3-12(7-14)17(18)10-25(31(18,28)29)15-6-4-13(9-23)16(8-15)19(20,21)22/h4,6,8,12,14,17,24,28-29H,2-3,5,7,10-11H2,1H3/t12-,14+,17-,18+/m0/s1. The third-order valence-corrected chi connectivity index (χ3v) is 11.3. The molecule has 3 fully saturated rings. The minimum absolute atomic E-state index is 0.0298. The molecular formula is C19H24F3N3O4S2. The zero-order chi connectivity index (χ0) is 22.8. The third kappa shape index (κ3) is 3.33. The molecule has 2 bridgehead atoms. The van der Waals surface area contributed by atoms with Crippen LogP contribution in [0.3, 0.4) is 0 Å². The van der Waals surface area contributed by atoms with Crippen LogP contribution in [-0.4, -0.2) is 41.1 Å². The van der Waals surface area contributed by atoms with E-state index in [0.29, 0.717) is 0 Å². The summed E-state index contributed by atoms with van der Waals surface area (Å²) in [5.41, 5.74) is -1.71. The van der Waals surface area contributed by atoms with Crippen molar-refractivity contribution in [3.05, 3.63) is 29.3 Å². The van der Waals surface area contributed by atoms with E-state index in [0.717, 1.165) is 31.4 Å². The van der Waals surface area contributed by atoms with Gasteiger partial charge in [-0.1, -0.05) is 0 Å². The maximum absolute atomic E-state index is 13.5. The predicted octanol–water partition coefficient (Wildman–Crippen LogP) is 3.79. The molecule has 0 radical (unpaired) electrons. The van der Waals surface area contributed by atoms with Crippen LogP contribution in [0, 0.1) is 29.1 Å². The molecule has 7 nitrogen and oxygen atoms in total. The zero-order valence-electron chi connectivity index (χ0n) is 16.8. The Morgan fingerprint density at radius 3 is 2.68 bits per heavy atom. The number of alkyl halides is 3. The van der Waals surface area contributed by atoms with Crippen LogP contribution in [0.15, 0.2) is 18.2 Å². The van der Waals surface area contributed by atoms with Crippen molar-refractivity contribution in [1.82, 2.24) is 4.72 Å². The number of fused-ring (bicyclic) bond motifs is 5. The highest BCUT2D eigenvalue weighted by Gasteiger charge is 2.70. The van der Waals surface area contributed by atoms with Gasteiger partial charge in [-0.3, -0.25) is 13.4 Å². The molecular weight excluding hydrogens is 455 g/mol. The lowest BCUT2D eigenvalue weighted by Gasteiger charge is -2.53. The Labute approximate surface area is 180 Å². The van der Waals surface area contributed by atoms with E-state index < -0.39 is 42.8 Å². The fourth-order valence-corrected chi connectivity index (χ4v) is 9.26. The van der Waals surface area contributed by atoms with E-state index in [-0.39, 0.29) is 42.3 Å². The van der Waals surface area contributed by atoms with Crippen molar-refractivity contribution in [2.75, 3.05) is 23.1 Å². The second-order valence-corrected chi connectivity index (χ2v) is 12.8. The first-order valence-corrected chi connectivity index (χ1v) is 13.2. The number of hydrogen-bond acceptors (Lipinski definition) is 6.